The summed E-state index contributed by atoms with van der Waals surface area (Å²) in [5.41, 5.74) is 2.64. The summed E-state index contributed by atoms with van der Waals surface area (Å²) in [5.74, 6) is 0. The zero-order valence-corrected chi connectivity index (χ0v) is 14.5. The summed E-state index contributed by atoms with van der Waals surface area (Å²) in [6.07, 6.45) is 8.91. The average molecular weight is 344 g/mol. The number of hydrogen-bond acceptors (Lipinski definition) is 4. The van der Waals surface area contributed by atoms with Crippen LogP contribution in [0.3, 0.4) is 0 Å². The molecule has 24 heavy (non-hydrogen) atoms. The average Bonchev–Trinajstić information content (AvgIpc) is 3.04. The molecule has 3 rings (SSSR count). The molecule has 6 nitrogen and oxygen atoms in total. The largest absolute Gasteiger partial charge is 0.376 e. The van der Waals surface area contributed by atoms with Crippen molar-refractivity contribution < 1.29 is 0 Å². The Balaban J connectivity index is 1.93. The third-order valence-corrected chi connectivity index (χ3v) is 4.14. The number of halogens is 1. The Morgan fingerprint density at radius 2 is 2.00 bits per heavy atom. The summed E-state index contributed by atoms with van der Waals surface area (Å²) in [4.78, 5) is 18.3. The van der Waals surface area contributed by atoms with Crippen molar-refractivity contribution in [3.8, 4) is 5.69 Å². The molecule has 0 saturated carbocycles. The van der Waals surface area contributed by atoms with Crippen molar-refractivity contribution in [2.75, 3.05) is 19.0 Å². The Kier molecular flexibility index (Phi) is 4.40. The number of pyridine rings is 2. The molecule has 3 aromatic heterocycles. The van der Waals surface area contributed by atoms with E-state index >= 15 is 0 Å². The van der Waals surface area contributed by atoms with E-state index in [4.69, 9.17) is 11.6 Å². The predicted molar refractivity (Wildman–Crippen MR) is 95.2 cm³/mol. The summed E-state index contributed by atoms with van der Waals surface area (Å²) < 4.78 is 3.38. The van der Waals surface area contributed by atoms with E-state index in [0.29, 0.717) is 5.02 Å². The van der Waals surface area contributed by atoms with Crippen LogP contribution in [0.2, 0.25) is 5.02 Å². The predicted octanol–water partition coefficient (Wildman–Crippen LogP) is 2.76. The van der Waals surface area contributed by atoms with E-state index in [1.54, 1.807) is 40.1 Å². The third kappa shape index (κ3) is 3.19. The van der Waals surface area contributed by atoms with Crippen LogP contribution in [0.5, 0.6) is 0 Å². The Labute approximate surface area is 144 Å². The fourth-order valence-corrected chi connectivity index (χ4v) is 2.58. The molecule has 0 amide bonds. The molecule has 0 saturated heterocycles. The van der Waals surface area contributed by atoms with Crippen LogP contribution in [0.25, 0.3) is 5.69 Å². The number of nitrogens with zero attached hydrogens (tertiary/aromatic N) is 5. The number of hydrogen-bond donors (Lipinski definition) is 0. The highest BCUT2D eigenvalue weighted by Gasteiger charge is 2.13. The van der Waals surface area contributed by atoms with E-state index in [0.717, 1.165) is 16.9 Å². The van der Waals surface area contributed by atoms with Crippen LogP contribution in [0.1, 0.15) is 18.5 Å². The smallest absolute Gasteiger partial charge is 0.252 e. The van der Waals surface area contributed by atoms with Crippen LogP contribution in [0.4, 0.5) is 5.69 Å². The molecule has 3 heterocycles. The summed E-state index contributed by atoms with van der Waals surface area (Å²) >= 11 is 5.85. The molecule has 3 aromatic rings. The van der Waals surface area contributed by atoms with Gasteiger partial charge in [0.1, 0.15) is 0 Å². The van der Waals surface area contributed by atoms with Gasteiger partial charge in [0, 0.05) is 43.1 Å². The van der Waals surface area contributed by atoms with Crippen molar-refractivity contribution in [3.05, 3.63) is 70.1 Å². The Morgan fingerprint density at radius 3 is 2.71 bits per heavy atom. The SMILES string of the molecule is CC(c1cnn(-c2cncc(N(C)C)c2)c1)n1ccc(Cl)cc1=O. The van der Waals surface area contributed by atoms with E-state index < -0.39 is 0 Å². The van der Waals surface area contributed by atoms with Gasteiger partial charge in [-0.05, 0) is 19.1 Å². The van der Waals surface area contributed by atoms with Gasteiger partial charge in [-0.15, -0.1) is 0 Å². The van der Waals surface area contributed by atoms with Gasteiger partial charge in [0.2, 0.25) is 0 Å². The quantitative estimate of drug-likeness (QED) is 0.731. The van der Waals surface area contributed by atoms with Gasteiger partial charge in [-0.25, -0.2) is 4.68 Å². The molecule has 0 N–H and O–H groups in total. The molecule has 0 aliphatic heterocycles. The Bertz CT molecular complexity index is 915. The van der Waals surface area contributed by atoms with E-state index in [1.807, 2.05) is 38.2 Å². The van der Waals surface area contributed by atoms with Gasteiger partial charge in [-0.1, -0.05) is 11.6 Å². The first-order chi connectivity index (χ1) is 11.5. The highest BCUT2D eigenvalue weighted by atomic mass is 35.5. The molecule has 0 aromatic carbocycles. The topological polar surface area (TPSA) is 56.0 Å². The normalized spacial score (nSPS) is 12.2. The molecule has 0 bridgehead atoms. The van der Waals surface area contributed by atoms with Crippen molar-refractivity contribution in [1.82, 2.24) is 19.3 Å². The Morgan fingerprint density at radius 1 is 1.21 bits per heavy atom. The molecule has 0 radical (unpaired) electrons. The molecule has 124 valence electrons. The molecule has 1 atom stereocenters. The molecule has 0 spiro atoms. The minimum Gasteiger partial charge on any atom is -0.376 e. The highest BCUT2D eigenvalue weighted by Crippen LogP contribution is 2.19. The fraction of sp³-hybridized carbons (Fsp3) is 0.235. The molecule has 0 fully saturated rings. The molecule has 7 heteroatoms. The monoisotopic (exact) mass is 343 g/mol. The zero-order valence-electron chi connectivity index (χ0n) is 13.7. The maximum atomic E-state index is 12.1. The van der Waals surface area contributed by atoms with E-state index in [1.165, 1.54) is 6.07 Å². The van der Waals surface area contributed by atoms with Crippen molar-refractivity contribution in [1.29, 1.82) is 0 Å². The van der Waals surface area contributed by atoms with Crippen molar-refractivity contribution in [3.63, 3.8) is 0 Å². The lowest BCUT2D eigenvalue weighted by Crippen LogP contribution is -2.22. The molecular weight excluding hydrogens is 326 g/mol. The van der Waals surface area contributed by atoms with Gasteiger partial charge in [0.15, 0.2) is 0 Å². The van der Waals surface area contributed by atoms with Gasteiger partial charge >= 0.3 is 0 Å². The molecular formula is C17H18ClN5O. The maximum Gasteiger partial charge on any atom is 0.252 e. The highest BCUT2D eigenvalue weighted by molar-refractivity contribution is 6.30. The van der Waals surface area contributed by atoms with Crippen LogP contribution in [-0.4, -0.2) is 33.4 Å². The minimum atomic E-state index is -0.145. The van der Waals surface area contributed by atoms with E-state index in [2.05, 4.69) is 10.1 Å². The van der Waals surface area contributed by atoms with Crippen LogP contribution < -0.4 is 10.5 Å². The summed E-state index contributed by atoms with van der Waals surface area (Å²) in [7, 11) is 3.93. The maximum absolute atomic E-state index is 12.1. The van der Waals surface area contributed by atoms with Gasteiger partial charge < -0.3 is 9.47 Å². The van der Waals surface area contributed by atoms with Gasteiger partial charge in [-0.2, -0.15) is 5.10 Å². The lowest BCUT2D eigenvalue weighted by Gasteiger charge is -2.13. The van der Waals surface area contributed by atoms with E-state index in [9.17, 15) is 4.79 Å². The third-order valence-electron chi connectivity index (χ3n) is 3.90. The van der Waals surface area contributed by atoms with Gasteiger partial charge in [0.05, 0.1) is 36.0 Å². The first-order valence-corrected chi connectivity index (χ1v) is 7.88. The first kappa shape index (κ1) is 16.3. The Hall–Kier alpha value is -2.60. The second kappa shape index (κ2) is 6.49. The number of rotatable bonds is 4. The summed E-state index contributed by atoms with van der Waals surface area (Å²) in [6, 6.07) is 4.97. The van der Waals surface area contributed by atoms with Crippen LogP contribution >= 0.6 is 11.6 Å². The second-order valence-electron chi connectivity index (χ2n) is 5.78. The van der Waals surface area contributed by atoms with Crippen molar-refractivity contribution in [2.24, 2.45) is 0 Å². The first-order valence-electron chi connectivity index (χ1n) is 7.50. The fourth-order valence-electron chi connectivity index (χ4n) is 2.43. The van der Waals surface area contributed by atoms with Crippen molar-refractivity contribution in [2.45, 2.75) is 13.0 Å². The molecule has 0 aliphatic carbocycles. The minimum absolute atomic E-state index is 0.140. The zero-order chi connectivity index (χ0) is 17.3. The number of aromatic nitrogens is 4. The lowest BCUT2D eigenvalue weighted by atomic mass is 10.2. The second-order valence-corrected chi connectivity index (χ2v) is 6.22. The lowest BCUT2D eigenvalue weighted by molar-refractivity contribution is 0.614. The van der Waals surface area contributed by atoms with E-state index in [-0.39, 0.29) is 11.6 Å². The summed E-state index contributed by atoms with van der Waals surface area (Å²) in [6.45, 7) is 1.95. The van der Waals surface area contributed by atoms with Crippen molar-refractivity contribution >= 4 is 17.3 Å². The van der Waals surface area contributed by atoms with Crippen LogP contribution in [0.15, 0.2) is 54.0 Å². The van der Waals surface area contributed by atoms with Gasteiger partial charge in [0.25, 0.3) is 5.56 Å². The standard InChI is InChI=1S/C17H18ClN5O/c1-12(22-5-4-14(18)6-17(22)24)13-8-20-23(11-13)16-7-15(21(2)3)9-19-10-16/h4-12H,1-3H3. The van der Waals surface area contributed by atoms with Crippen LogP contribution in [0, 0.1) is 0 Å². The summed E-state index contributed by atoms with van der Waals surface area (Å²) in [5, 5.41) is 4.83. The van der Waals surface area contributed by atoms with Gasteiger partial charge in [-0.3, -0.25) is 9.78 Å². The number of anilines is 1. The molecule has 0 aliphatic rings. The molecule has 1 unspecified atom stereocenters. The van der Waals surface area contributed by atoms with Crippen LogP contribution in [-0.2, 0) is 0 Å².